The van der Waals surface area contributed by atoms with Crippen molar-refractivity contribution in [2.45, 2.75) is 38.5 Å². The molecule has 0 N–H and O–H groups in total. The second-order valence-corrected chi connectivity index (χ2v) is 11.8. The molecule has 206 valence electrons. The van der Waals surface area contributed by atoms with Crippen LogP contribution >= 0.6 is 0 Å². The Hall–Kier alpha value is -5.02. The molecule has 4 aromatic carbocycles. The van der Waals surface area contributed by atoms with Gasteiger partial charge in [-0.3, -0.25) is 0 Å². The summed E-state index contributed by atoms with van der Waals surface area (Å²) in [6.07, 6.45) is 19.9. The molecule has 3 nitrogen and oxygen atoms in total. The zero-order valence-corrected chi connectivity index (χ0v) is 23.9. The quantitative estimate of drug-likeness (QED) is 0.204. The fourth-order valence-corrected chi connectivity index (χ4v) is 7.19. The molecule has 0 unspecified atom stereocenters. The standard InChI is InChI=1S/C40H30N2O/c1-3-11-31-29(9-1)30-10-2-5-13-33(30)39-37(31)32-12-4-6-14-34(32)38(42-39)27-21-17-25(18-22-27)26-19-23-28(24-20-26)40-41-35-15-7-8-16-36(35)43-40/h3-6,8,11-14,16-24H,1-2,7,9-10,15H2. The molecule has 0 saturated heterocycles. The summed E-state index contributed by atoms with van der Waals surface area (Å²) in [6.45, 7) is 0. The van der Waals surface area contributed by atoms with Gasteiger partial charge in [0.15, 0.2) is 5.76 Å². The highest BCUT2D eigenvalue weighted by atomic mass is 16.4. The van der Waals surface area contributed by atoms with Crippen LogP contribution in [0.4, 0.5) is 0 Å². The molecule has 3 heteroatoms. The second kappa shape index (κ2) is 9.78. The van der Waals surface area contributed by atoms with Crippen LogP contribution in [0, 0.1) is 0 Å². The zero-order chi connectivity index (χ0) is 28.3. The van der Waals surface area contributed by atoms with Crippen molar-refractivity contribution in [3.63, 3.8) is 0 Å². The van der Waals surface area contributed by atoms with Crippen molar-refractivity contribution < 1.29 is 4.42 Å². The number of aromatic nitrogens is 2. The van der Waals surface area contributed by atoms with Gasteiger partial charge in [-0.05, 0) is 89.9 Å². The van der Waals surface area contributed by atoms with E-state index in [1.807, 2.05) is 6.08 Å². The first kappa shape index (κ1) is 24.6. The summed E-state index contributed by atoms with van der Waals surface area (Å²) in [5.41, 5.74) is 13.5. The number of rotatable bonds is 3. The zero-order valence-electron chi connectivity index (χ0n) is 23.9. The molecule has 0 saturated carbocycles. The average molecular weight is 555 g/mol. The summed E-state index contributed by atoms with van der Waals surface area (Å²) < 4.78 is 6.02. The maximum Gasteiger partial charge on any atom is 0.226 e. The largest absolute Gasteiger partial charge is 0.436 e. The number of hydrogen-bond acceptors (Lipinski definition) is 3. The lowest BCUT2D eigenvalue weighted by atomic mass is 9.81. The third-order valence-corrected chi connectivity index (χ3v) is 9.31. The van der Waals surface area contributed by atoms with E-state index < -0.39 is 0 Å². The SMILES string of the molecule is C1=Cc2oc(-c3ccc(-c4ccc(-c5nc6c7c(c8c(c6c6ccccc56)C=CCC8)CCC=C7)cc4)cc3)nc2CC1. The molecule has 2 aromatic heterocycles. The Kier molecular flexibility index (Phi) is 5.59. The molecule has 0 aliphatic heterocycles. The first-order chi connectivity index (χ1) is 21.3. The van der Waals surface area contributed by atoms with Crippen molar-refractivity contribution in [2.24, 2.45) is 0 Å². The van der Waals surface area contributed by atoms with Gasteiger partial charge in [-0.1, -0.05) is 91.0 Å². The third kappa shape index (κ3) is 3.95. The normalized spacial score (nSPS) is 15.1. The van der Waals surface area contributed by atoms with Crippen LogP contribution in [0.25, 0.3) is 73.7 Å². The van der Waals surface area contributed by atoms with Gasteiger partial charge in [0.25, 0.3) is 0 Å². The van der Waals surface area contributed by atoms with Crippen LogP contribution in [-0.2, 0) is 19.3 Å². The highest BCUT2D eigenvalue weighted by Crippen LogP contribution is 2.42. The van der Waals surface area contributed by atoms with Gasteiger partial charge in [0.1, 0.15) is 0 Å². The molecule has 3 aliphatic carbocycles. The molecule has 43 heavy (non-hydrogen) atoms. The highest BCUT2D eigenvalue weighted by Gasteiger charge is 2.23. The van der Waals surface area contributed by atoms with Crippen molar-refractivity contribution in [2.75, 3.05) is 0 Å². The molecule has 6 aromatic rings. The summed E-state index contributed by atoms with van der Waals surface area (Å²) in [5.74, 6) is 1.59. The molecule has 0 bridgehead atoms. The number of allylic oxidation sites excluding steroid dienone is 3. The van der Waals surface area contributed by atoms with Gasteiger partial charge in [-0.15, -0.1) is 0 Å². The number of hydrogen-bond donors (Lipinski definition) is 0. The second-order valence-electron chi connectivity index (χ2n) is 11.8. The Labute approximate surface area is 250 Å². The predicted octanol–water partition coefficient (Wildman–Crippen LogP) is 10.3. The minimum Gasteiger partial charge on any atom is -0.436 e. The lowest BCUT2D eigenvalue weighted by Crippen LogP contribution is -2.08. The van der Waals surface area contributed by atoms with E-state index in [0.717, 1.165) is 72.3 Å². The predicted molar refractivity (Wildman–Crippen MR) is 178 cm³/mol. The maximum atomic E-state index is 6.02. The van der Waals surface area contributed by atoms with Gasteiger partial charge < -0.3 is 4.42 Å². The van der Waals surface area contributed by atoms with Gasteiger partial charge in [0.05, 0.1) is 16.9 Å². The number of pyridine rings is 1. The molecule has 9 rings (SSSR count). The summed E-state index contributed by atoms with van der Waals surface area (Å²) in [5, 5.41) is 3.79. The Morgan fingerprint density at radius 3 is 1.88 bits per heavy atom. The number of nitrogens with zero attached hydrogens (tertiary/aromatic N) is 2. The van der Waals surface area contributed by atoms with Crippen molar-refractivity contribution in [3.05, 3.63) is 125 Å². The molecule has 3 aliphatic rings. The lowest BCUT2D eigenvalue weighted by Gasteiger charge is -2.24. The number of aryl methyl sites for hydroxylation is 1. The monoisotopic (exact) mass is 554 g/mol. The van der Waals surface area contributed by atoms with Crippen LogP contribution in [0.5, 0.6) is 0 Å². The molecular weight excluding hydrogens is 524 g/mol. The average Bonchev–Trinajstić information content (AvgIpc) is 3.53. The molecular formula is C40H30N2O. The lowest BCUT2D eigenvalue weighted by molar-refractivity contribution is 0.560. The minimum atomic E-state index is 0.696. The minimum absolute atomic E-state index is 0.696. The molecule has 0 atom stereocenters. The van der Waals surface area contributed by atoms with Crippen molar-refractivity contribution in [3.8, 4) is 33.8 Å². The van der Waals surface area contributed by atoms with Crippen LogP contribution < -0.4 is 0 Å². The summed E-state index contributed by atoms with van der Waals surface area (Å²) in [4.78, 5) is 10.2. The van der Waals surface area contributed by atoms with E-state index in [0.29, 0.717) is 5.89 Å². The number of oxazole rings is 1. The fraction of sp³-hybridized carbons (Fsp3) is 0.150. The molecule has 0 amide bonds. The first-order valence-electron chi connectivity index (χ1n) is 15.4. The van der Waals surface area contributed by atoms with Crippen LogP contribution in [0.2, 0.25) is 0 Å². The highest BCUT2D eigenvalue weighted by molar-refractivity contribution is 6.16. The van der Waals surface area contributed by atoms with Crippen molar-refractivity contribution in [1.29, 1.82) is 0 Å². The molecule has 0 fully saturated rings. The van der Waals surface area contributed by atoms with E-state index in [1.165, 1.54) is 49.5 Å². The van der Waals surface area contributed by atoms with E-state index in [1.54, 1.807) is 0 Å². The van der Waals surface area contributed by atoms with Crippen LogP contribution in [0.3, 0.4) is 0 Å². The Bertz CT molecular complexity index is 2160. The van der Waals surface area contributed by atoms with Crippen LogP contribution in [0.15, 0.2) is 95.4 Å². The van der Waals surface area contributed by atoms with Gasteiger partial charge in [-0.2, -0.15) is 0 Å². The van der Waals surface area contributed by atoms with E-state index in [-0.39, 0.29) is 0 Å². The van der Waals surface area contributed by atoms with E-state index >= 15 is 0 Å². The molecule has 2 heterocycles. The Morgan fingerprint density at radius 2 is 1.14 bits per heavy atom. The van der Waals surface area contributed by atoms with Gasteiger partial charge in [0, 0.05) is 27.5 Å². The topological polar surface area (TPSA) is 38.9 Å². The van der Waals surface area contributed by atoms with Gasteiger partial charge in [-0.25, -0.2) is 9.97 Å². The van der Waals surface area contributed by atoms with Gasteiger partial charge in [0.2, 0.25) is 5.89 Å². The molecule has 0 radical (unpaired) electrons. The van der Waals surface area contributed by atoms with Crippen molar-refractivity contribution >= 4 is 39.9 Å². The molecule has 0 spiro atoms. The fourth-order valence-electron chi connectivity index (χ4n) is 7.19. The Morgan fingerprint density at radius 1 is 0.535 bits per heavy atom. The third-order valence-electron chi connectivity index (χ3n) is 9.31. The van der Waals surface area contributed by atoms with E-state index in [2.05, 4.69) is 103 Å². The smallest absolute Gasteiger partial charge is 0.226 e. The van der Waals surface area contributed by atoms with Crippen molar-refractivity contribution in [1.82, 2.24) is 9.97 Å². The number of benzene rings is 4. The van der Waals surface area contributed by atoms with Crippen LogP contribution in [-0.4, -0.2) is 9.97 Å². The Balaban J connectivity index is 1.13. The maximum absolute atomic E-state index is 6.02. The number of fused-ring (bicyclic) bond motifs is 9. The first-order valence-corrected chi connectivity index (χ1v) is 15.4. The van der Waals surface area contributed by atoms with Crippen LogP contribution in [0.1, 0.15) is 53.0 Å². The summed E-state index contributed by atoms with van der Waals surface area (Å²) in [6, 6.07) is 26.2. The van der Waals surface area contributed by atoms with Gasteiger partial charge >= 0.3 is 0 Å². The summed E-state index contributed by atoms with van der Waals surface area (Å²) in [7, 11) is 0. The van der Waals surface area contributed by atoms with E-state index in [9.17, 15) is 0 Å². The van der Waals surface area contributed by atoms with E-state index in [4.69, 9.17) is 14.4 Å². The summed E-state index contributed by atoms with van der Waals surface area (Å²) >= 11 is 0.